The van der Waals surface area contributed by atoms with Crippen LogP contribution in [-0.4, -0.2) is 0 Å². The third-order valence-corrected chi connectivity index (χ3v) is 3.25. The van der Waals surface area contributed by atoms with Crippen LogP contribution in [0.2, 0.25) is 5.02 Å². The van der Waals surface area contributed by atoms with Crippen molar-refractivity contribution in [1.82, 2.24) is 0 Å². The highest BCUT2D eigenvalue weighted by Gasteiger charge is 2.18. The molecule has 0 saturated carbocycles. The van der Waals surface area contributed by atoms with E-state index in [4.69, 9.17) is 23.2 Å². The molecule has 0 N–H and O–H groups in total. The van der Waals surface area contributed by atoms with Crippen LogP contribution < -0.4 is 0 Å². The van der Waals surface area contributed by atoms with E-state index in [1.807, 2.05) is 0 Å². The number of benzene rings is 2. The van der Waals surface area contributed by atoms with Crippen LogP contribution in [0.4, 0.5) is 13.2 Å². The van der Waals surface area contributed by atoms with Crippen LogP contribution in [0.25, 0.3) is 0 Å². The third-order valence-electron chi connectivity index (χ3n) is 2.48. The van der Waals surface area contributed by atoms with Gasteiger partial charge in [0, 0.05) is 5.56 Å². The predicted octanol–water partition coefficient (Wildman–Crippen LogP) is 5.09. The molecule has 0 heterocycles. The predicted molar refractivity (Wildman–Crippen MR) is 65.5 cm³/mol. The number of hydrogen-bond acceptors (Lipinski definition) is 0. The van der Waals surface area contributed by atoms with Crippen molar-refractivity contribution in [3.8, 4) is 0 Å². The summed E-state index contributed by atoms with van der Waals surface area (Å²) < 4.78 is 39.7. The van der Waals surface area contributed by atoms with Crippen molar-refractivity contribution >= 4 is 23.2 Å². The Hall–Kier alpha value is -1.19. The van der Waals surface area contributed by atoms with Crippen LogP contribution in [-0.2, 0) is 0 Å². The molecule has 0 aromatic heterocycles. The van der Waals surface area contributed by atoms with Crippen molar-refractivity contribution in [2.45, 2.75) is 5.38 Å². The first kappa shape index (κ1) is 13.2. The third kappa shape index (κ3) is 2.62. The molecule has 0 spiro atoms. The van der Waals surface area contributed by atoms with Crippen LogP contribution in [0, 0.1) is 17.5 Å². The Morgan fingerprint density at radius 1 is 0.889 bits per heavy atom. The Morgan fingerprint density at radius 3 is 2.11 bits per heavy atom. The number of halogens is 5. The molecule has 2 aromatic carbocycles. The quantitative estimate of drug-likeness (QED) is 0.534. The summed E-state index contributed by atoms with van der Waals surface area (Å²) in [5.74, 6) is -1.88. The summed E-state index contributed by atoms with van der Waals surface area (Å²) >= 11 is 11.5. The summed E-state index contributed by atoms with van der Waals surface area (Å²) in [5.41, 5.74) is 0.434. The lowest BCUT2D eigenvalue weighted by atomic mass is 10.0. The molecule has 0 saturated heterocycles. The van der Waals surface area contributed by atoms with E-state index in [0.717, 1.165) is 12.1 Å². The van der Waals surface area contributed by atoms with Crippen LogP contribution >= 0.6 is 23.2 Å². The highest BCUT2D eigenvalue weighted by Crippen LogP contribution is 2.32. The Kier molecular flexibility index (Phi) is 3.83. The first-order valence-corrected chi connectivity index (χ1v) is 5.84. The van der Waals surface area contributed by atoms with Crippen LogP contribution in [0.15, 0.2) is 36.4 Å². The average Bonchev–Trinajstić information content (AvgIpc) is 2.34. The lowest BCUT2D eigenvalue weighted by Gasteiger charge is -2.12. The SMILES string of the molecule is Fc1ccc(C(Cl)c2cc(F)c(Cl)cc2F)cc1. The highest BCUT2D eigenvalue weighted by molar-refractivity contribution is 6.30. The normalized spacial score (nSPS) is 12.5. The van der Waals surface area contributed by atoms with Crippen molar-refractivity contribution < 1.29 is 13.2 Å². The molecular weight excluding hydrogens is 284 g/mol. The molecule has 0 fully saturated rings. The average molecular weight is 291 g/mol. The highest BCUT2D eigenvalue weighted by atomic mass is 35.5. The molecule has 0 aliphatic carbocycles. The van der Waals surface area contributed by atoms with E-state index < -0.39 is 22.8 Å². The zero-order valence-electron chi connectivity index (χ0n) is 8.93. The van der Waals surface area contributed by atoms with E-state index in [-0.39, 0.29) is 10.6 Å². The van der Waals surface area contributed by atoms with Crippen molar-refractivity contribution in [2.75, 3.05) is 0 Å². The second-order valence-corrected chi connectivity index (χ2v) is 4.55. The van der Waals surface area contributed by atoms with Gasteiger partial charge in [-0.2, -0.15) is 0 Å². The van der Waals surface area contributed by atoms with Gasteiger partial charge >= 0.3 is 0 Å². The van der Waals surface area contributed by atoms with E-state index >= 15 is 0 Å². The van der Waals surface area contributed by atoms with Crippen LogP contribution in [0.1, 0.15) is 16.5 Å². The van der Waals surface area contributed by atoms with Crippen LogP contribution in [0.3, 0.4) is 0 Å². The Bertz CT molecular complexity index is 567. The maximum absolute atomic E-state index is 13.6. The van der Waals surface area contributed by atoms with Gasteiger partial charge in [-0.25, -0.2) is 13.2 Å². The van der Waals surface area contributed by atoms with Crippen molar-refractivity contribution in [1.29, 1.82) is 0 Å². The van der Waals surface area contributed by atoms with Gasteiger partial charge in [-0.1, -0.05) is 23.7 Å². The van der Waals surface area contributed by atoms with Gasteiger partial charge in [0.25, 0.3) is 0 Å². The fourth-order valence-corrected chi connectivity index (χ4v) is 2.01. The molecular formula is C13H7Cl2F3. The van der Waals surface area contributed by atoms with Gasteiger partial charge in [0.05, 0.1) is 10.4 Å². The number of rotatable bonds is 2. The molecule has 1 atom stereocenters. The van der Waals surface area contributed by atoms with Crippen LogP contribution in [0.5, 0.6) is 0 Å². The second-order valence-electron chi connectivity index (χ2n) is 3.70. The van der Waals surface area contributed by atoms with Crippen molar-refractivity contribution in [3.63, 3.8) is 0 Å². The summed E-state index contributed by atoms with van der Waals surface area (Å²) in [5, 5.41) is -1.21. The van der Waals surface area contributed by atoms with Gasteiger partial charge in [0.15, 0.2) is 0 Å². The molecule has 2 aromatic rings. The first-order valence-electron chi connectivity index (χ1n) is 5.03. The molecule has 0 nitrogen and oxygen atoms in total. The minimum absolute atomic E-state index is 0.0369. The Morgan fingerprint density at radius 2 is 1.50 bits per heavy atom. The lowest BCUT2D eigenvalue weighted by Crippen LogP contribution is -1.99. The summed E-state index contributed by atoms with van der Waals surface area (Å²) in [6, 6.07) is 7.05. The lowest BCUT2D eigenvalue weighted by molar-refractivity contribution is 0.587. The van der Waals surface area contributed by atoms with Gasteiger partial charge in [0.1, 0.15) is 17.5 Å². The maximum Gasteiger partial charge on any atom is 0.142 e. The minimum Gasteiger partial charge on any atom is -0.207 e. The molecule has 2 rings (SSSR count). The summed E-state index contributed by atoms with van der Waals surface area (Å²) in [6.45, 7) is 0. The van der Waals surface area contributed by atoms with Gasteiger partial charge in [0.2, 0.25) is 0 Å². The summed E-state index contributed by atoms with van der Waals surface area (Å²) in [4.78, 5) is 0. The molecule has 18 heavy (non-hydrogen) atoms. The fourth-order valence-electron chi connectivity index (χ4n) is 1.54. The molecule has 0 aliphatic heterocycles. The monoisotopic (exact) mass is 290 g/mol. The van der Waals surface area contributed by atoms with Gasteiger partial charge in [-0.15, -0.1) is 11.6 Å². The van der Waals surface area contributed by atoms with Gasteiger partial charge in [-0.05, 0) is 29.8 Å². The summed E-state index contributed by atoms with van der Waals surface area (Å²) in [7, 11) is 0. The topological polar surface area (TPSA) is 0 Å². The molecule has 5 heteroatoms. The van der Waals surface area contributed by atoms with E-state index in [1.165, 1.54) is 24.3 Å². The molecule has 0 aliphatic rings. The molecule has 1 unspecified atom stereocenters. The summed E-state index contributed by atoms with van der Waals surface area (Å²) in [6.07, 6.45) is 0. The van der Waals surface area contributed by atoms with E-state index in [1.54, 1.807) is 0 Å². The molecule has 0 bridgehead atoms. The second kappa shape index (κ2) is 5.21. The Labute approximate surface area is 112 Å². The van der Waals surface area contributed by atoms with Gasteiger partial charge < -0.3 is 0 Å². The molecule has 0 amide bonds. The van der Waals surface area contributed by atoms with E-state index in [9.17, 15) is 13.2 Å². The standard InChI is InChI=1S/C13H7Cl2F3/c14-10-6-11(17)9(5-12(10)18)13(15)7-1-3-8(16)4-2-7/h1-6,13H. The smallest absolute Gasteiger partial charge is 0.142 e. The zero-order chi connectivity index (χ0) is 13.3. The zero-order valence-corrected chi connectivity index (χ0v) is 10.4. The largest absolute Gasteiger partial charge is 0.207 e. The first-order chi connectivity index (χ1) is 8.49. The molecule has 94 valence electrons. The van der Waals surface area contributed by atoms with Gasteiger partial charge in [-0.3, -0.25) is 0 Å². The van der Waals surface area contributed by atoms with E-state index in [0.29, 0.717) is 5.56 Å². The number of hydrogen-bond donors (Lipinski definition) is 0. The van der Waals surface area contributed by atoms with Crippen molar-refractivity contribution in [3.05, 3.63) is 70.0 Å². The minimum atomic E-state index is -0.905. The maximum atomic E-state index is 13.6. The van der Waals surface area contributed by atoms with Crippen molar-refractivity contribution in [2.24, 2.45) is 0 Å². The van der Waals surface area contributed by atoms with E-state index in [2.05, 4.69) is 0 Å². The Balaban J connectivity index is 2.42. The fraction of sp³-hybridized carbons (Fsp3) is 0.0769. The molecule has 0 radical (unpaired) electrons. The number of alkyl halides is 1.